The van der Waals surface area contributed by atoms with Crippen LogP contribution in [0.4, 0.5) is 10.5 Å². The van der Waals surface area contributed by atoms with Gasteiger partial charge in [-0.05, 0) is 74.0 Å². The van der Waals surface area contributed by atoms with E-state index >= 15 is 0 Å². The zero-order chi connectivity index (χ0) is 24.0. The maximum Gasteiger partial charge on any atom is 0.335 e. The summed E-state index contributed by atoms with van der Waals surface area (Å²) >= 11 is 3.35. The molecule has 0 atom stereocenters. The molecule has 0 unspecified atom stereocenters. The van der Waals surface area contributed by atoms with Gasteiger partial charge in [-0.1, -0.05) is 28.1 Å². The van der Waals surface area contributed by atoms with Crippen LogP contribution in [0.1, 0.15) is 17.0 Å². The Morgan fingerprint density at radius 2 is 1.76 bits per heavy atom. The van der Waals surface area contributed by atoms with E-state index in [0.717, 1.165) is 32.9 Å². The fourth-order valence-corrected chi connectivity index (χ4v) is 4.58. The van der Waals surface area contributed by atoms with Crippen LogP contribution < -0.4 is 10.2 Å². The molecule has 8 heteroatoms. The Morgan fingerprint density at radius 1 is 0.941 bits per heavy atom. The molecule has 0 saturated carbocycles. The lowest BCUT2D eigenvalue weighted by atomic mass is 10.1. The van der Waals surface area contributed by atoms with Crippen LogP contribution in [-0.4, -0.2) is 27.4 Å². The molecule has 0 radical (unpaired) electrons. The molecule has 4 aromatic rings. The van der Waals surface area contributed by atoms with Crippen LogP contribution in [0.25, 0.3) is 22.7 Å². The van der Waals surface area contributed by atoms with Crippen molar-refractivity contribution in [1.82, 2.24) is 14.9 Å². The van der Waals surface area contributed by atoms with Gasteiger partial charge >= 0.3 is 6.03 Å². The number of pyridine rings is 1. The minimum absolute atomic E-state index is 0.109. The van der Waals surface area contributed by atoms with Crippen molar-refractivity contribution in [3.63, 3.8) is 0 Å². The first-order chi connectivity index (χ1) is 16.3. The van der Waals surface area contributed by atoms with Gasteiger partial charge in [0, 0.05) is 33.1 Å². The van der Waals surface area contributed by atoms with Crippen molar-refractivity contribution >= 4 is 56.4 Å². The van der Waals surface area contributed by atoms with E-state index in [1.165, 1.54) is 6.08 Å². The molecule has 1 fully saturated rings. The van der Waals surface area contributed by atoms with Crippen molar-refractivity contribution in [3.8, 4) is 5.69 Å². The summed E-state index contributed by atoms with van der Waals surface area (Å²) in [5.74, 6) is -1.39. The Morgan fingerprint density at radius 3 is 2.56 bits per heavy atom. The highest BCUT2D eigenvalue weighted by molar-refractivity contribution is 9.10. The van der Waals surface area contributed by atoms with Crippen LogP contribution in [0, 0.1) is 13.8 Å². The van der Waals surface area contributed by atoms with Gasteiger partial charge in [0.15, 0.2) is 0 Å². The predicted molar refractivity (Wildman–Crippen MR) is 134 cm³/mol. The van der Waals surface area contributed by atoms with E-state index in [-0.39, 0.29) is 5.57 Å². The first-order valence-corrected chi connectivity index (χ1v) is 11.3. The van der Waals surface area contributed by atoms with Crippen molar-refractivity contribution in [3.05, 3.63) is 93.9 Å². The van der Waals surface area contributed by atoms with Crippen molar-refractivity contribution in [2.24, 2.45) is 0 Å². The molecule has 0 spiro atoms. The summed E-state index contributed by atoms with van der Waals surface area (Å²) in [5.41, 5.74) is 4.62. The largest absolute Gasteiger partial charge is 0.335 e. The molecule has 1 aliphatic rings. The number of nitrogens with one attached hydrogen (secondary N) is 1. The second-order valence-electron chi connectivity index (χ2n) is 7.98. The molecule has 7 nitrogen and oxygen atoms in total. The number of rotatable bonds is 3. The molecular weight excluding hydrogens is 496 g/mol. The minimum atomic E-state index is -0.777. The summed E-state index contributed by atoms with van der Waals surface area (Å²) in [6.45, 7) is 3.89. The summed E-state index contributed by atoms with van der Waals surface area (Å²) in [6.07, 6.45) is 3.30. The number of barbiturate groups is 1. The van der Waals surface area contributed by atoms with Crippen LogP contribution >= 0.6 is 15.9 Å². The number of aromatic nitrogens is 2. The molecular formula is C26H19BrN4O3. The lowest BCUT2D eigenvalue weighted by Gasteiger charge is -2.26. The third kappa shape index (κ3) is 3.72. The van der Waals surface area contributed by atoms with Crippen LogP contribution in [0.5, 0.6) is 0 Å². The van der Waals surface area contributed by atoms with Gasteiger partial charge in [-0.3, -0.25) is 19.9 Å². The molecule has 1 saturated heterocycles. The number of hydrogen-bond acceptors (Lipinski definition) is 4. The lowest BCUT2D eigenvalue weighted by Crippen LogP contribution is -2.54. The third-order valence-corrected chi connectivity index (χ3v) is 6.28. The molecule has 1 N–H and O–H groups in total. The van der Waals surface area contributed by atoms with Crippen molar-refractivity contribution in [1.29, 1.82) is 0 Å². The van der Waals surface area contributed by atoms with Gasteiger partial charge < -0.3 is 4.57 Å². The monoisotopic (exact) mass is 514 g/mol. The number of anilines is 1. The third-order valence-electron chi connectivity index (χ3n) is 5.78. The summed E-state index contributed by atoms with van der Waals surface area (Å²) < 4.78 is 2.77. The molecule has 2 aromatic heterocycles. The average Bonchev–Trinajstić information content (AvgIpc) is 3.09. The number of fused-ring (bicyclic) bond motifs is 1. The predicted octanol–water partition coefficient (Wildman–Crippen LogP) is 5.07. The number of nitrogens with zero attached hydrogens (tertiary/aromatic N) is 3. The summed E-state index contributed by atoms with van der Waals surface area (Å²) in [4.78, 5) is 43.6. The lowest BCUT2D eigenvalue weighted by molar-refractivity contribution is -0.122. The maximum absolute atomic E-state index is 13.2. The summed E-state index contributed by atoms with van der Waals surface area (Å²) in [6, 6.07) is 17.8. The van der Waals surface area contributed by atoms with Crippen molar-refractivity contribution in [2.75, 3.05) is 4.90 Å². The molecule has 0 aliphatic carbocycles. The highest BCUT2D eigenvalue weighted by Crippen LogP contribution is 2.28. The summed E-state index contributed by atoms with van der Waals surface area (Å²) in [5, 5.41) is 3.28. The highest BCUT2D eigenvalue weighted by Gasteiger charge is 2.37. The van der Waals surface area contributed by atoms with E-state index in [1.54, 1.807) is 30.5 Å². The molecule has 1 aliphatic heterocycles. The van der Waals surface area contributed by atoms with Gasteiger partial charge in [-0.15, -0.1) is 0 Å². The molecule has 2 aromatic carbocycles. The first-order valence-electron chi connectivity index (χ1n) is 10.5. The number of carbonyl (C=O) groups excluding carboxylic acids is 3. The molecule has 3 heterocycles. The van der Waals surface area contributed by atoms with Crippen LogP contribution in [-0.2, 0) is 9.59 Å². The second kappa shape index (κ2) is 8.39. The van der Waals surface area contributed by atoms with E-state index in [9.17, 15) is 14.4 Å². The Balaban J connectivity index is 1.57. The van der Waals surface area contributed by atoms with Crippen LogP contribution in [0.2, 0.25) is 0 Å². The molecule has 168 valence electrons. The van der Waals surface area contributed by atoms with Gasteiger partial charge in [-0.2, -0.15) is 0 Å². The fourth-order valence-electron chi connectivity index (χ4n) is 4.20. The number of carbonyl (C=O) groups is 3. The fraction of sp³-hybridized carbons (Fsp3) is 0.0769. The molecule has 0 bridgehead atoms. The second-order valence-corrected chi connectivity index (χ2v) is 8.90. The Kier molecular flexibility index (Phi) is 5.37. The molecule has 5 rings (SSSR count). The van der Waals surface area contributed by atoms with E-state index in [0.29, 0.717) is 15.7 Å². The number of benzene rings is 2. The van der Waals surface area contributed by atoms with E-state index in [4.69, 9.17) is 0 Å². The Hall–Kier alpha value is -4.04. The zero-order valence-corrected chi connectivity index (χ0v) is 20.0. The van der Waals surface area contributed by atoms with Crippen molar-refractivity contribution in [2.45, 2.75) is 13.8 Å². The number of hydrogen-bond donors (Lipinski definition) is 1. The number of imide groups is 2. The van der Waals surface area contributed by atoms with Crippen molar-refractivity contribution < 1.29 is 14.4 Å². The standard InChI is InChI=1S/C26H19BrN4O3/c1-15-11-18(16(2)30(15)21-8-9-23-17(12-21)5-4-10-28-23)13-22-24(32)29-26(34)31(25(22)33)20-7-3-6-19(27)14-20/h3-14H,1-2H3,(H,29,32,34)/b22-13+. The van der Waals surface area contributed by atoms with Gasteiger partial charge in [0.05, 0.1) is 11.2 Å². The number of urea groups is 1. The number of amides is 4. The normalized spacial score (nSPS) is 15.3. The van der Waals surface area contributed by atoms with Gasteiger partial charge in [0.2, 0.25) is 0 Å². The van der Waals surface area contributed by atoms with Gasteiger partial charge in [-0.25, -0.2) is 9.69 Å². The van der Waals surface area contributed by atoms with Gasteiger partial charge in [0.1, 0.15) is 5.57 Å². The minimum Gasteiger partial charge on any atom is -0.318 e. The molecule has 4 amide bonds. The topological polar surface area (TPSA) is 84.3 Å². The number of aryl methyl sites for hydroxylation is 1. The SMILES string of the molecule is Cc1cc(/C=C2\C(=O)NC(=O)N(c3cccc(Br)c3)C2=O)c(C)n1-c1ccc2ncccc2c1. The quantitative estimate of drug-likeness (QED) is 0.305. The van der Waals surface area contributed by atoms with Gasteiger partial charge in [0.25, 0.3) is 11.8 Å². The number of halogens is 1. The zero-order valence-electron chi connectivity index (χ0n) is 18.4. The van der Waals surface area contributed by atoms with E-state index in [2.05, 4.69) is 30.8 Å². The van der Waals surface area contributed by atoms with E-state index in [1.807, 2.05) is 50.2 Å². The van der Waals surface area contributed by atoms with Crippen LogP contribution in [0.15, 0.2) is 76.9 Å². The van der Waals surface area contributed by atoms with Crippen LogP contribution in [0.3, 0.4) is 0 Å². The van der Waals surface area contributed by atoms with E-state index < -0.39 is 17.8 Å². The smallest absolute Gasteiger partial charge is 0.318 e. The molecule has 34 heavy (non-hydrogen) atoms. The Labute approximate surface area is 203 Å². The maximum atomic E-state index is 13.2. The Bertz CT molecular complexity index is 1540. The highest BCUT2D eigenvalue weighted by atomic mass is 79.9. The first kappa shape index (κ1) is 21.8. The summed E-state index contributed by atoms with van der Waals surface area (Å²) in [7, 11) is 0. The average molecular weight is 515 g/mol.